The van der Waals surface area contributed by atoms with Crippen LogP contribution >= 0.6 is 0 Å². The predicted octanol–water partition coefficient (Wildman–Crippen LogP) is 5.67. The molecule has 1 aromatic carbocycles. The number of nitrogens with zero attached hydrogens (tertiary/aromatic N) is 1. The van der Waals surface area contributed by atoms with Crippen molar-refractivity contribution in [1.82, 2.24) is 0 Å². The van der Waals surface area contributed by atoms with Gasteiger partial charge >= 0.3 is 0 Å². The maximum Gasteiger partial charge on any atom is 0.282 e. The van der Waals surface area contributed by atoms with Gasteiger partial charge in [-0.25, -0.2) is 13.3 Å². The zero-order chi connectivity index (χ0) is 25.9. The average Bonchev–Trinajstić information content (AvgIpc) is 3.19. The summed E-state index contributed by atoms with van der Waals surface area (Å²) in [6, 6.07) is 6.21. The topological polar surface area (TPSA) is 77.2 Å². The lowest BCUT2D eigenvalue weighted by Gasteiger charge is -2.58. The van der Waals surface area contributed by atoms with E-state index in [0.717, 1.165) is 31.4 Å². The molecule has 0 saturated heterocycles. The largest absolute Gasteiger partial charge is 0.501 e. The number of methoxy groups -OCH3 is 2. The van der Waals surface area contributed by atoms with Crippen molar-refractivity contribution in [1.29, 1.82) is 0 Å². The van der Waals surface area contributed by atoms with Crippen LogP contribution < -0.4 is 4.74 Å². The maximum absolute atomic E-state index is 13.6. The zero-order valence-electron chi connectivity index (χ0n) is 21.5. The fourth-order valence-electron chi connectivity index (χ4n) is 7.91. The Labute approximate surface area is 214 Å². The van der Waals surface area contributed by atoms with E-state index in [1.54, 1.807) is 19.2 Å². The lowest BCUT2D eigenvalue weighted by molar-refractivity contribution is -0.0989. The van der Waals surface area contributed by atoms with Gasteiger partial charge in [-0.05, 0) is 102 Å². The fourth-order valence-corrected chi connectivity index (χ4v) is 9.41. The molecule has 4 aliphatic rings. The van der Waals surface area contributed by atoms with Crippen molar-refractivity contribution in [3.63, 3.8) is 0 Å². The molecule has 0 aliphatic heterocycles. The molecule has 6 atom stereocenters. The van der Waals surface area contributed by atoms with E-state index in [4.69, 9.17) is 16.0 Å². The van der Waals surface area contributed by atoms with E-state index in [1.165, 1.54) is 24.8 Å². The Hall–Kier alpha value is -2.56. The molecule has 0 bridgehead atoms. The van der Waals surface area contributed by atoms with Gasteiger partial charge in [-0.1, -0.05) is 19.9 Å². The molecule has 2 saturated carbocycles. The molecule has 0 heterocycles. The summed E-state index contributed by atoms with van der Waals surface area (Å²) in [4.78, 5) is 3.72. The average molecular weight is 510 g/mol. The third kappa shape index (κ3) is 3.56. The van der Waals surface area contributed by atoms with E-state index in [0.29, 0.717) is 24.2 Å². The number of allylic oxidation sites excluding steroid dienone is 5. The molecule has 0 radical (unpaired) electrons. The van der Waals surface area contributed by atoms with Crippen LogP contribution in [-0.4, -0.2) is 33.8 Å². The first-order valence-electron chi connectivity index (χ1n) is 12.7. The van der Waals surface area contributed by atoms with Gasteiger partial charge in [0, 0.05) is 6.42 Å². The molecule has 1 N–H and O–H groups in total. The highest BCUT2D eigenvalue weighted by molar-refractivity contribution is 7.95. The predicted molar refractivity (Wildman–Crippen MR) is 137 cm³/mol. The normalized spacial score (nSPS) is 36.9. The number of hydrogen-bond acceptors (Lipinski definition) is 5. The minimum atomic E-state index is -3.98. The molecule has 0 aromatic heterocycles. The summed E-state index contributed by atoms with van der Waals surface area (Å²) in [5.74, 6) is 2.14. The molecule has 5 rings (SSSR count). The summed E-state index contributed by atoms with van der Waals surface area (Å²) in [5, 5.41) is 11.5. The summed E-state index contributed by atoms with van der Waals surface area (Å²) >= 11 is 0. The van der Waals surface area contributed by atoms with Crippen molar-refractivity contribution >= 4 is 9.84 Å². The van der Waals surface area contributed by atoms with Crippen LogP contribution in [0.1, 0.15) is 52.4 Å². The Bertz CT molecular complexity index is 1300. The van der Waals surface area contributed by atoms with Gasteiger partial charge in [0.2, 0.25) is 9.84 Å². The fraction of sp³-hybridized carbons (Fsp3) is 0.552. The highest BCUT2D eigenvalue weighted by Crippen LogP contribution is 2.66. The first-order valence-corrected chi connectivity index (χ1v) is 14.2. The first kappa shape index (κ1) is 25.1. The molecule has 0 amide bonds. The first-order chi connectivity index (χ1) is 17.1. The number of hydrogen-bond donors (Lipinski definition) is 1. The van der Waals surface area contributed by atoms with Gasteiger partial charge < -0.3 is 14.6 Å². The number of aliphatic hydroxyl groups excluding tert-OH is 1. The second kappa shape index (κ2) is 8.78. The lowest BCUT2D eigenvalue weighted by Crippen LogP contribution is -2.54. The number of fused-ring (bicyclic) bond motifs is 5. The van der Waals surface area contributed by atoms with Gasteiger partial charge in [0.05, 0.1) is 37.6 Å². The van der Waals surface area contributed by atoms with Crippen molar-refractivity contribution in [2.24, 2.45) is 28.6 Å². The van der Waals surface area contributed by atoms with Gasteiger partial charge in [0.1, 0.15) is 5.75 Å². The standard InChI is InChI=1S/C29H35NO5S/c1-28-15-14-20(35-5)16-18(28)6-11-22-23-12-13-24(29(23,2)17-25(31)26(22)28)27(30-3)36(32,33)21-9-7-19(34-4)8-10-21/h6-10,16,22-23,25-26,31H,11-15,17H2,1-2,4-5H3/b27-24-/t22-,23-,25-,26+,28-,29-/m0/s1. The van der Waals surface area contributed by atoms with Crippen LogP contribution in [0.15, 0.2) is 63.2 Å². The number of sulfone groups is 1. The quantitative estimate of drug-likeness (QED) is 0.529. The molecule has 2 fully saturated rings. The molecule has 6 nitrogen and oxygen atoms in total. The van der Waals surface area contributed by atoms with E-state index >= 15 is 0 Å². The molecule has 4 aliphatic carbocycles. The molecule has 1 aromatic rings. The number of rotatable bonds is 4. The Kier molecular flexibility index (Phi) is 6.12. The summed E-state index contributed by atoms with van der Waals surface area (Å²) < 4.78 is 37.9. The number of aliphatic hydroxyl groups is 1. The smallest absolute Gasteiger partial charge is 0.282 e. The monoisotopic (exact) mass is 509 g/mol. The highest BCUT2D eigenvalue weighted by atomic mass is 32.2. The minimum absolute atomic E-state index is 0.101. The molecular formula is C29H35NO5S. The summed E-state index contributed by atoms with van der Waals surface area (Å²) in [6.45, 7) is 12.3. The Morgan fingerprint density at radius 1 is 1.11 bits per heavy atom. The maximum atomic E-state index is 13.6. The van der Waals surface area contributed by atoms with E-state index < -0.39 is 21.4 Å². The molecular weight excluding hydrogens is 474 g/mol. The third-order valence-electron chi connectivity index (χ3n) is 9.70. The second-order valence-corrected chi connectivity index (χ2v) is 13.1. The highest BCUT2D eigenvalue weighted by Gasteiger charge is 2.60. The number of ether oxygens (including phenoxy) is 2. The molecule has 0 unspecified atom stereocenters. The van der Waals surface area contributed by atoms with E-state index in [9.17, 15) is 13.5 Å². The van der Waals surface area contributed by atoms with Crippen LogP contribution in [0.25, 0.3) is 4.85 Å². The van der Waals surface area contributed by atoms with Crippen LogP contribution in [-0.2, 0) is 14.6 Å². The summed E-state index contributed by atoms with van der Waals surface area (Å²) in [7, 11) is -0.740. The van der Waals surface area contributed by atoms with Crippen molar-refractivity contribution in [2.75, 3.05) is 14.2 Å². The van der Waals surface area contributed by atoms with Crippen molar-refractivity contribution < 1.29 is 23.0 Å². The van der Waals surface area contributed by atoms with Crippen LogP contribution in [0.3, 0.4) is 0 Å². The van der Waals surface area contributed by atoms with Gasteiger partial charge in [0.15, 0.2) is 0 Å². The number of benzene rings is 1. The van der Waals surface area contributed by atoms with Crippen LogP contribution in [0.5, 0.6) is 5.75 Å². The van der Waals surface area contributed by atoms with Gasteiger partial charge in [-0.3, -0.25) is 0 Å². The third-order valence-corrected chi connectivity index (χ3v) is 11.4. The van der Waals surface area contributed by atoms with Crippen molar-refractivity contribution in [3.05, 3.63) is 69.8 Å². The molecule has 192 valence electrons. The lowest BCUT2D eigenvalue weighted by atomic mass is 9.47. The molecule has 0 spiro atoms. The van der Waals surface area contributed by atoms with Gasteiger partial charge in [0.25, 0.3) is 5.03 Å². The van der Waals surface area contributed by atoms with Gasteiger partial charge in [-0.2, -0.15) is 0 Å². The SMILES string of the molecule is [C-]#[N+]/C(=C1\CC[C@H]2[C@@H]3CC=C4C=C(OC)CC[C@]4(C)[C@H]3[C@@H](O)C[C@]12C)S(=O)(=O)c1ccc(OC)cc1. The summed E-state index contributed by atoms with van der Waals surface area (Å²) in [6.07, 6.45) is 8.44. The second-order valence-electron chi connectivity index (χ2n) is 11.2. The van der Waals surface area contributed by atoms with E-state index in [1.807, 2.05) is 0 Å². The molecule has 7 heteroatoms. The van der Waals surface area contributed by atoms with Crippen LogP contribution in [0.4, 0.5) is 0 Å². The molecule has 36 heavy (non-hydrogen) atoms. The Morgan fingerprint density at radius 3 is 2.47 bits per heavy atom. The van der Waals surface area contributed by atoms with E-state index in [2.05, 4.69) is 30.8 Å². The minimum Gasteiger partial charge on any atom is -0.501 e. The van der Waals surface area contributed by atoms with Crippen molar-refractivity contribution in [2.45, 2.75) is 63.4 Å². The van der Waals surface area contributed by atoms with Crippen molar-refractivity contribution in [3.8, 4) is 5.75 Å². The Balaban J connectivity index is 1.55. The van der Waals surface area contributed by atoms with Gasteiger partial charge in [-0.15, -0.1) is 0 Å². The zero-order valence-corrected chi connectivity index (χ0v) is 22.3. The Morgan fingerprint density at radius 2 is 1.83 bits per heavy atom. The van der Waals surface area contributed by atoms with Crippen LogP contribution in [0.2, 0.25) is 0 Å². The van der Waals surface area contributed by atoms with Crippen LogP contribution in [0, 0.1) is 35.2 Å². The van der Waals surface area contributed by atoms with E-state index in [-0.39, 0.29) is 33.1 Å². The summed E-state index contributed by atoms with van der Waals surface area (Å²) in [5.41, 5.74) is 1.30.